The van der Waals surface area contributed by atoms with Crippen LogP contribution in [0.15, 0.2) is 24.3 Å². The lowest BCUT2D eigenvalue weighted by Crippen LogP contribution is -2.37. The van der Waals surface area contributed by atoms with Crippen LogP contribution >= 0.6 is 11.3 Å². The zero-order valence-corrected chi connectivity index (χ0v) is 16.7. The maximum atomic E-state index is 12.5. The van der Waals surface area contributed by atoms with E-state index in [0.29, 0.717) is 6.54 Å². The summed E-state index contributed by atoms with van der Waals surface area (Å²) in [5.41, 5.74) is 3.01. The molecule has 0 saturated carbocycles. The van der Waals surface area contributed by atoms with Crippen LogP contribution in [0.25, 0.3) is 10.6 Å². The Morgan fingerprint density at radius 2 is 1.88 bits per heavy atom. The number of likely N-dealkylation sites (tertiary alicyclic amines) is 1. The summed E-state index contributed by atoms with van der Waals surface area (Å²) < 4.78 is 0. The van der Waals surface area contributed by atoms with E-state index in [1.807, 2.05) is 21.0 Å². The Hall–Kier alpha value is -1.92. The maximum Gasteiger partial charge on any atom is 0.263 e. The van der Waals surface area contributed by atoms with Crippen molar-refractivity contribution in [1.29, 1.82) is 0 Å². The van der Waals surface area contributed by atoms with Gasteiger partial charge in [-0.05, 0) is 57.1 Å². The van der Waals surface area contributed by atoms with E-state index in [4.69, 9.17) is 0 Å². The first-order valence-corrected chi connectivity index (χ1v) is 10.1. The van der Waals surface area contributed by atoms with E-state index >= 15 is 0 Å². The summed E-state index contributed by atoms with van der Waals surface area (Å²) in [5.74, 6) is -0.00632. The summed E-state index contributed by atoms with van der Waals surface area (Å²) in [4.78, 5) is 22.4. The molecule has 1 aromatic carbocycles. The Morgan fingerprint density at radius 3 is 2.54 bits per heavy atom. The minimum absolute atomic E-state index is 0.00632. The van der Waals surface area contributed by atoms with Gasteiger partial charge in [0.1, 0.15) is 9.88 Å². The minimum Gasteiger partial charge on any atom is -0.378 e. The first-order chi connectivity index (χ1) is 12.5. The van der Waals surface area contributed by atoms with Gasteiger partial charge < -0.3 is 15.1 Å². The van der Waals surface area contributed by atoms with Crippen molar-refractivity contribution in [3.63, 3.8) is 0 Å². The molecule has 1 fully saturated rings. The fourth-order valence-corrected chi connectivity index (χ4v) is 4.21. The molecule has 0 unspecified atom stereocenters. The number of nitrogens with one attached hydrogen (secondary N) is 1. The number of thiazole rings is 1. The molecule has 5 nitrogen and oxygen atoms in total. The molecule has 1 aliphatic rings. The second-order valence-corrected chi connectivity index (χ2v) is 8.03. The van der Waals surface area contributed by atoms with Gasteiger partial charge in [0.05, 0.1) is 5.69 Å². The molecular formula is C20H28N4OS. The Morgan fingerprint density at radius 1 is 1.19 bits per heavy atom. The highest BCUT2D eigenvalue weighted by atomic mass is 32.1. The van der Waals surface area contributed by atoms with Crippen molar-refractivity contribution >= 4 is 22.9 Å². The molecule has 3 rings (SSSR count). The average molecular weight is 373 g/mol. The number of aryl methyl sites for hydroxylation is 1. The Balaban J connectivity index is 1.60. The summed E-state index contributed by atoms with van der Waals surface area (Å²) in [6.07, 6.45) is 3.89. The van der Waals surface area contributed by atoms with Gasteiger partial charge in [-0.1, -0.05) is 6.42 Å². The number of hydrogen-bond acceptors (Lipinski definition) is 5. The smallest absolute Gasteiger partial charge is 0.263 e. The fraction of sp³-hybridized carbons (Fsp3) is 0.500. The first kappa shape index (κ1) is 18.9. The highest BCUT2D eigenvalue weighted by Gasteiger charge is 2.17. The predicted molar refractivity (Wildman–Crippen MR) is 109 cm³/mol. The van der Waals surface area contributed by atoms with Gasteiger partial charge in [0, 0.05) is 38.4 Å². The van der Waals surface area contributed by atoms with Gasteiger partial charge in [0.15, 0.2) is 0 Å². The van der Waals surface area contributed by atoms with Crippen molar-refractivity contribution in [2.24, 2.45) is 0 Å². The highest BCUT2D eigenvalue weighted by Crippen LogP contribution is 2.29. The van der Waals surface area contributed by atoms with E-state index in [9.17, 15) is 4.79 Å². The molecule has 0 spiro atoms. The van der Waals surface area contributed by atoms with Crippen LogP contribution in [0.3, 0.4) is 0 Å². The van der Waals surface area contributed by atoms with Gasteiger partial charge in [0.25, 0.3) is 5.91 Å². The van der Waals surface area contributed by atoms with E-state index in [2.05, 4.69) is 44.4 Å². The van der Waals surface area contributed by atoms with Crippen LogP contribution in [0.2, 0.25) is 0 Å². The van der Waals surface area contributed by atoms with Gasteiger partial charge in [0.2, 0.25) is 0 Å². The lowest BCUT2D eigenvalue weighted by molar-refractivity contribution is 0.0950. The number of benzene rings is 1. The largest absolute Gasteiger partial charge is 0.378 e. The fourth-order valence-electron chi connectivity index (χ4n) is 3.22. The van der Waals surface area contributed by atoms with Crippen molar-refractivity contribution in [2.45, 2.75) is 26.2 Å². The molecule has 2 aromatic rings. The number of amides is 1. The summed E-state index contributed by atoms with van der Waals surface area (Å²) in [6.45, 7) is 5.85. The van der Waals surface area contributed by atoms with Gasteiger partial charge in [-0.2, -0.15) is 0 Å². The average Bonchev–Trinajstić information content (AvgIpc) is 3.04. The number of carbonyl (C=O) groups is 1. The molecule has 1 amide bonds. The standard InChI is InChI=1S/C20H28N4OS/c1-15-18(19(25)21-11-14-24-12-5-4-6-13-24)26-20(22-15)16-7-9-17(10-8-16)23(2)3/h7-10H,4-6,11-14H2,1-3H3,(H,21,25). The predicted octanol–water partition coefficient (Wildman–Crippen LogP) is 3.40. The number of hydrogen-bond donors (Lipinski definition) is 1. The van der Waals surface area contributed by atoms with E-state index in [1.165, 1.54) is 30.6 Å². The molecule has 0 atom stereocenters. The third-order valence-electron chi connectivity index (χ3n) is 4.80. The molecule has 0 bridgehead atoms. The van der Waals surface area contributed by atoms with Crippen LogP contribution in [-0.4, -0.2) is 56.1 Å². The number of piperidine rings is 1. The summed E-state index contributed by atoms with van der Waals surface area (Å²) in [7, 11) is 4.05. The van der Waals surface area contributed by atoms with Gasteiger partial charge in [-0.15, -0.1) is 11.3 Å². The van der Waals surface area contributed by atoms with Crippen molar-refractivity contribution < 1.29 is 4.79 Å². The van der Waals surface area contributed by atoms with Crippen LogP contribution in [0.1, 0.15) is 34.6 Å². The lowest BCUT2D eigenvalue weighted by Gasteiger charge is -2.26. The van der Waals surface area contributed by atoms with Crippen LogP contribution in [0.4, 0.5) is 5.69 Å². The first-order valence-electron chi connectivity index (χ1n) is 9.30. The molecule has 26 heavy (non-hydrogen) atoms. The molecule has 1 N–H and O–H groups in total. The summed E-state index contributed by atoms with van der Waals surface area (Å²) in [5, 5.41) is 3.96. The van der Waals surface area contributed by atoms with Crippen LogP contribution in [0, 0.1) is 6.92 Å². The van der Waals surface area contributed by atoms with E-state index in [-0.39, 0.29) is 5.91 Å². The van der Waals surface area contributed by atoms with E-state index in [1.54, 1.807) is 0 Å². The number of aromatic nitrogens is 1. The van der Waals surface area contributed by atoms with Gasteiger partial charge in [-0.25, -0.2) is 4.98 Å². The van der Waals surface area contributed by atoms with Crippen molar-refractivity contribution in [3.8, 4) is 10.6 Å². The number of anilines is 1. The van der Waals surface area contributed by atoms with Crippen molar-refractivity contribution in [2.75, 3.05) is 45.2 Å². The second-order valence-electron chi connectivity index (χ2n) is 7.03. The maximum absolute atomic E-state index is 12.5. The molecule has 2 heterocycles. The SMILES string of the molecule is Cc1nc(-c2ccc(N(C)C)cc2)sc1C(=O)NCCN1CCCCC1. The monoisotopic (exact) mass is 372 g/mol. The van der Waals surface area contributed by atoms with E-state index < -0.39 is 0 Å². The number of nitrogens with zero attached hydrogens (tertiary/aromatic N) is 3. The molecule has 1 aliphatic heterocycles. The summed E-state index contributed by atoms with van der Waals surface area (Å²) >= 11 is 1.47. The Kier molecular flexibility index (Phi) is 6.27. The van der Waals surface area contributed by atoms with Crippen LogP contribution in [0.5, 0.6) is 0 Å². The molecule has 0 radical (unpaired) electrons. The van der Waals surface area contributed by atoms with Crippen LogP contribution in [-0.2, 0) is 0 Å². The second kappa shape index (κ2) is 8.64. The van der Waals surface area contributed by atoms with Gasteiger partial charge in [-0.3, -0.25) is 4.79 Å². The van der Waals surface area contributed by atoms with Crippen LogP contribution < -0.4 is 10.2 Å². The lowest BCUT2D eigenvalue weighted by atomic mass is 10.1. The molecule has 1 aromatic heterocycles. The zero-order valence-electron chi connectivity index (χ0n) is 15.9. The number of carbonyl (C=O) groups excluding carboxylic acids is 1. The third kappa shape index (κ3) is 4.62. The van der Waals surface area contributed by atoms with Gasteiger partial charge >= 0.3 is 0 Å². The van der Waals surface area contributed by atoms with Crippen molar-refractivity contribution in [1.82, 2.24) is 15.2 Å². The normalized spacial score (nSPS) is 15.0. The topological polar surface area (TPSA) is 48.5 Å². The summed E-state index contributed by atoms with van der Waals surface area (Å²) in [6, 6.07) is 8.27. The quantitative estimate of drug-likeness (QED) is 0.844. The zero-order chi connectivity index (χ0) is 18.5. The number of rotatable bonds is 6. The van der Waals surface area contributed by atoms with Crippen molar-refractivity contribution in [3.05, 3.63) is 34.8 Å². The molecule has 6 heteroatoms. The highest BCUT2D eigenvalue weighted by molar-refractivity contribution is 7.17. The molecule has 140 valence electrons. The molecule has 1 saturated heterocycles. The molecular weight excluding hydrogens is 344 g/mol. The minimum atomic E-state index is -0.00632. The Bertz CT molecular complexity index is 733. The third-order valence-corrected chi connectivity index (χ3v) is 6.00. The molecule has 0 aliphatic carbocycles. The van der Waals surface area contributed by atoms with E-state index in [0.717, 1.165) is 46.5 Å². The Labute approximate surface area is 160 Å².